The fraction of sp³-hybridized carbons (Fsp3) is 0.458. The van der Waals surface area contributed by atoms with Gasteiger partial charge in [-0.15, -0.1) is 0 Å². The Hall–Kier alpha value is -2.46. The van der Waals surface area contributed by atoms with E-state index in [0.29, 0.717) is 38.9 Å². The molecule has 1 saturated heterocycles. The summed E-state index contributed by atoms with van der Waals surface area (Å²) in [6, 6.07) is 13.1. The molecule has 0 bridgehead atoms. The third-order valence-electron chi connectivity index (χ3n) is 6.40. The van der Waals surface area contributed by atoms with Gasteiger partial charge in [0.25, 0.3) is 0 Å². The number of carbonyl (C=O) groups is 1. The maximum atomic E-state index is 13.1. The van der Waals surface area contributed by atoms with Crippen LogP contribution in [0, 0.1) is 5.92 Å². The first kappa shape index (κ1) is 23.7. The SMILES string of the molecule is COC(=O)C(NS(=O)(=O)c1ccc(-c2ccc(OC)cc2)cc1)C1CCC2(CC1)OCCO2. The molecule has 1 heterocycles. The lowest BCUT2D eigenvalue weighted by atomic mass is 9.81. The maximum Gasteiger partial charge on any atom is 0.324 e. The Morgan fingerprint density at radius 2 is 1.52 bits per heavy atom. The number of sulfonamides is 1. The fourth-order valence-electron chi connectivity index (χ4n) is 4.51. The number of nitrogens with one attached hydrogen (secondary N) is 1. The molecule has 2 aliphatic rings. The molecule has 2 aromatic rings. The molecule has 1 spiro atoms. The zero-order chi connectivity index (χ0) is 23.5. The van der Waals surface area contributed by atoms with E-state index in [1.165, 1.54) is 19.2 Å². The quantitative estimate of drug-likeness (QED) is 0.614. The average molecular weight is 476 g/mol. The number of rotatable bonds is 7. The van der Waals surface area contributed by atoms with E-state index in [-0.39, 0.29) is 10.8 Å². The van der Waals surface area contributed by atoms with Crippen LogP contribution in [0.25, 0.3) is 11.1 Å². The molecule has 4 rings (SSSR count). The lowest BCUT2D eigenvalue weighted by Crippen LogP contribution is -2.49. The van der Waals surface area contributed by atoms with Crippen LogP contribution >= 0.6 is 0 Å². The van der Waals surface area contributed by atoms with Crippen molar-refractivity contribution < 1.29 is 32.2 Å². The van der Waals surface area contributed by atoms with Crippen LogP contribution < -0.4 is 9.46 Å². The summed E-state index contributed by atoms with van der Waals surface area (Å²) < 4.78 is 50.4. The third kappa shape index (κ3) is 5.22. The Balaban J connectivity index is 1.48. The highest BCUT2D eigenvalue weighted by Gasteiger charge is 2.44. The minimum Gasteiger partial charge on any atom is -0.497 e. The molecule has 178 valence electrons. The third-order valence-corrected chi connectivity index (χ3v) is 7.86. The van der Waals surface area contributed by atoms with Crippen molar-refractivity contribution in [1.29, 1.82) is 0 Å². The molecule has 9 heteroatoms. The lowest BCUT2D eigenvalue weighted by molar-refractivity contribution is -0.185. The van der Waals surface area contributed by atoms with Crippen LogP contribution in [0.3, 0.4) is 0 Å². The van der Waals surface area contributed by atoms with Crippen molar-refractivity contribution in [1.82, 2.24) is 4.72 Å². The monoisotopic (exact) mass is 475 g/mol. The van der Waals surface area contributed by atoms with Gasteiger partial charge in [0.05, 0.1) is 32.3 Å². The first-order valence-corrected chi connectivity index (χ1v) is 12.5. The van der Waals surface area contributed by atoms with Gasteiger partial charge < -0.3 is 18.9 Å². The molecule has 2 aromatic carbocycles. The number of carbonyl (C=O) groups excluding carboxylic acids is 1. The second-order valence-electron chi connectivity index (χ2n) is 8.32. The van der Waals surface area contributed by atoms with Crippen molar-refractivity contribution in [2.75, 3.05) is 27.4 Å². The Morgan fingerprint density at radius 3 is 2.03 bits per heavy atom. The number of hydrogen-bond donors (Lipinski definition) is 1. The topological polar surface area (TPSA) is 100 Å². The van der Waals surface area contributed by atoms with Crippen LogP contribution in [0.4, 0.5) is 0 Å². The number of hydrogen-bond acceptors (Lipinski definition) is 7. The summed E-state index contributed by atoms with van der Waals surface area (Å²) in [4.78, 5) is 12.6. The van der Waals surface area contributed by atoms with E-state index in [1.54, 1.807) is 19.2 Å². The Kier molecular flexibility index (Phi) is 7.04. The van der Waals surface area contributed by atoms with Crippen molar-refractivity contribution >= 4 is 16.0 Å². The first-order chi connectivity index (χ1) is 15.9. The van der Waals surface area contributed by atoms with Crippen LogP contribution in [0.15, 0.2) is 53.4 Å². The smallest absolute Gasteiger partial charge is 0.324 e. The van der Waals surface area contributed by atoms with Gasteiger partial charge in [-0.2, -0.15) is 4.72 Å². The molecular weight excluding hydrogens is 446 g/mol. The van der Waals surface area contributed by atoms with Gasteiger partial charge in [-0.3, -0.25) is 4.79 Å². The average Bonchev–Trinajstić information content (AvgIpc) is 3.30. The highest BCUT2D eigenvalue weighted by atomic mass is 32.2. The van der Waals surface area contributed by atoms with Gasteiger partial charge in [0.15, 0.2) is 5.79 Å². The first-order valence-electron chi connectivity index (χ1n) is 11.0. The fourth-order valence-corrected chi connectivity index (χ4v) is 5.76. The molecule has 0 radical (unpaired) electrons. The van der Waals surface area contributed by atoms with E-state index < -0.39 is 27.8 Å². The molecule has 0 amide bonds. The molecule has 1 saturated carbocycles. The normalized spacial score (nSPS) is 19.3. The van der Waals surface area contributed by atoms with Crippen LogP contribution in [0.1, 0.15) is 25.7 Å². The predicted molar refractivity (Wildman–Crippen MR) is 121 cm³/mol. The zero-order valence-corrected chi connectivity index (χ0v) is 19.6. The number of ether oxygens (including phenoxy) is 4. The van der Waals surface area contributed by atoms with Gasteiger partial charge in [-0.1, -0.05) is 24.3 Å². The minimum absolute atomic E-state index is 0.0865. The van der Waals surface area contributed by atoms with Crippen molar-refractivity contribution in [2.24, 2.45) is 5.92 Å². The molecule has 2 fully saturated rings. The van der Waals surface area contributed by atoms with Gasteiger partial charge in [-0.05, 0) is 54.2 Å². The summed E-state index contributed by atoms with van der Waals surface area (Å²) in [6.07, 6.45) is 2.42. The lowest BCUT2D eigenvalue weighted by Gasteiger charge is -2.37. The van der Waals surface area contributed by atoms with E-state index >= 15 is 0 Å². The van der Waals surface area contributed by atoms with E-state index in [2.05, 4.69) is 4.72 Å². The molecular formula is C24H29NO7S. The standard InChI is InChI=1S/C24H29NO7S/c1-29-20-7-3-17(4-8-20)18-5-9-21(10-6-18)33(27,28)25-22(23(26)30-2)19-11-13-24(14-12-19)31-15-16-32-24/h3-10,19,22,25H,11-16H2,1-2H3. The van der Waals surface area contributed by atoms with Crippen LogP contribution in [0.5, 0.6) is 5.75 Å². The predicted octanol–water partition coefficient (Wildman–Crippen LogP) is 3.12. The van der Waals surface area contributed by atoms with E-state index in [9.17, 15) is 13.2 Å². The van der Waals surface area contributed by atoms with E-state index in [1.807, 2.05) is 24.3 Å². The summed E-state index contributed by atoms with van der Waals surface area (Å²) in [7, 11) is -1.07. The molecule has 1 N–H and O–H groups in total. The van der Waals surface area contributed by atoms with E-state index in [4.69, 9.17) is 18.9 Å². The van der Waals surface area contributed by atoms with Crippen LogP contribution in [-0.2, 0) is 29.0 Å². The Bertz CT molecular complexity index is 1050. The highest BCUT2D eigenvalue weighted by Crippen LogP contribution is 2.39. The van der Waals surface area contributed by atoms with Crippen LogP contribution in [-0.4, -0.2) is 53.6 Å². The zero-order valence-electron chi connectivity index (χ0n) is 18.8. The van der Waals surface area contributed by atoms with Crippen molar-refractivity contribution in [2.45, 2.75) is 42.4 Å². The summed E-state index contributed by atoms with van der Waals surface area (Å²) in [5.41, 5.74) is 1.81. The molecule has 1 aliphatic heterocycles. The van der Waals surface area contributed by atoms with Crippen LogP contribution in [0.2, 0.25) is 0 Å². The summed E-state index contributed by atoms with van der Waals surface area (Å²) >= 11 is 0. The van der Waals surface area contributed by atoms with Gasteiger partial charge in [0.2, 0.25) is 10.0 Å². The molecule has 1 atom stereocenters. The molecule has 1 aliphatic carbocycles. The Labute approximate surface area is 194 Å². The number of benzene rings is 2. The second kappa shape index (κ2) is 9.80. The second-order valence-corrected chi connectivity index (χ2v) is 10.0. The van der Waals surface area contributed by atoms with Crippen molar-refractivity contribution in [3.05, 3.63) is 48.5 Å². The molecule has 1 unspecified atom stereocenters. The van der Waals surface area contributed by atoms with Gasteiger partial charge in [-0.25, -0.2) is 8.42 Å². The minimum atomic E-state index is -3.93. The number of esters is 1. The van der Waals surface area contributed by atoms with Gasteiger partial charge in [0.1, 0.15) is 11.8 Å². The largest absolute Gasteiger partial charge is 0.497 e. The van der Waals surface area contributed by atoms with Crippen molar-refractivity contribution in [3.8, 4) is 16.9 Å². The maximum absolute atomic E-state index is 13.1. The van der Waals surface area contributed by atoms with E-state index in [0.717, 1.165) is 16.9 Å². The molecule has 33 heavy (non-hydrogen) atoms. The highest BCUT2D eigenvalue weighted by molar-refractivity contribution is 7.89. The number of methoxy groups -OCH3 is 2. The van der Waals surface area contributed by atoms with Gasteiger partial charge >= 0.3 is 5.97 Å². The summed E-state index contributed by atoms with van der Waals surface area (Å²) in [5, 5.41) is 0. The summed E-state index contributed by atoms with van der Waals surface area (Å²) in [6.45, 7) is 1.12. The molecule has 8 nitrogen and oxygen atoms in total. The summed E-state index contributed by atoms with van der Waals surface area (Å²) in [5.74, 6) is -0.643. The van der Waals surface area contributed by atoms with Crippen molar-refractivity contribution in [3.63, 3.8) is 0 Å². The molecule has 0 aromatic heterocycles. The van der Waals surface area contributed by atoms with Gasteiger partial charge in [0, 0.05) is 12.8 Å². The Morgan fingerprint density at radius 1 is 0.970 bits per heavy atom.